The maximum Gasteiger partial charge on any atom is 0.239 e. The van der Waals surface area contributed by atoms with Crippen LogP contribution in [0.3, 0.4) is 0 Å². The van der Waals surface area contributed by atoms with E-state index < -0.39 is 0 Å². The van der Waals surface area contributed by atoms with E-state index in [9.17, 15) is 4.79 Å². The van der Waals surface area contributed by atoms with Gasteiger partial charge in [0.1, 0.15) is 0 Å². The number of halogens is 1. The van der Waals surface area contributed by atoms with Gasteiger partial charge in [0.25, 0.3) is 0 Å². The van der Waals surface area contributed by atoms with Crippen LogP contribution in [-0.4, -0.2) is 29.9 Å². The molecule has 1 aromatic carbocycles. The van der Waals surface area contributed by atoms with Crippen molar-refractivity contribution in [1.82, 2.24) is 10.2 Å². The topological polar surface area (TPSA) is 32.3 Å². The van der Waals surface area contributed by atoms with E-state index in [1.165, 1.54) is 12.0 Å². The molecular formula is C15H23ClN2O. The molecule has 1 saturated heterocycles. The zero-order chi connectivity index (χ0) is 12.8. The van der Waals surface area contributed by atoms with E-state index in [1.807, 2.05) is 30.0 Å². The predicted molar refractivity (Wildman–Crippen MR) is 80.4 cm³/mol. The van der Waals surface area contributed by atoms with E-state index in [2.05, 4.69) is 17.4 Å². The van der Waals surface area contributed by atoms with Crippen LogP contribution in [0, 0.1) is 0 Å². The molecule has 19 heavy (non-hydrogen) atoms. The normalized spacial score (nSPS) is 18.5. The Morgan fingerprint density at radius 2 is 2.05 bits per heavy atom. The Bertz CT molecular complexity index is 377. The zero-order valence-corrected chi connectivity index (χ0v) is 12.3. The van der Waals surface area contributed by atoms with E-state index in [-0.39, 0.29) is 24.4 Å². The average Bonchev–Trinajstić information content (AvgIpc) is 2.46. The summed E-state index contributed by atoms with van der Waals surface area (Å²) in [4.78, 5) is 14.3. The number of amides is 1. The SMILES string of the molecule is CCN(Cc1ccccc1)C(=O)[C@H]1CCCCN1.Cl. The van der Waals surface area contributed by atoms with Crippen molar-refractivity contribution in [2.75, 3.05) is 13.1 Å². The summed E-state index contributed by atoms with van der Waals surface area (Å²) >= 11 is 0. The van der Waals surface area contributed by atoms with Gasteiger partial charge >= 0.3 is 0 Å². The van der Waals surface area contributed by atoms with Crippen molar-refractivity contribution in [2.24, 2.45) is 0 Å². The Balaban J connectivity index is 0.00000180. The number of benzene rings is 1. The molecule has 0 unspecified atom stereocenters. The molecule has 106 valence electrons. The van der Waals surface area contributed by atoms with Gasteiger partial charge < -0.3 is 10.2 Å². The molecule has 1 fully saturated rings. The zero-order valence-electron chi connectivity index (χ0n) is 11.5. The van der Waals surface area contributed by atoms with E-state index in [1.54, 1.807) is 0 Å². The third-order valence-electron chi connectivity index (χ3n) is 3.52. The second-order valence-electron chi connectivity index (χ2n) is 4.84. The molecule has 1 aromatic rings. The number of nitrogens with zero attached hydrogens (tertiary/aromatic N) is 1. The monoisotopic (exact) mass is 282 g/mol. The lowest BCUT2D eigenvalue weighted by molar-refractivity contribution is -0.134. The number of likely N-dealkylation sites (N-methyl/N-ethyl adjacent to an activating group) is 1. The van der Waals surface area contributed by atoms with Crippen molar-refractivity contribution < 1.29 is 4.79 Å². The highest BCUT2D eigenvalue weighted by Crippen LogP contribution is 2.12. The Morgan fingerprint density at radius 3 is 2.63 bits per heavy atom. The van der Waals surface area contributed by atoms with Crippen LogP contribution >= 0.6 is 12.4 Å². The maximum atomic E-state index is 12.4. The molecule has 1 atom stereocenters. The Morgan fingerprint density at radius 1 is 1.32 bits per heavy atom. The van der Waals surface area contributed by atoms with Crippen LogP contribution in [0.1, 0.15) is 31.7 Å². The number of hydrogen-bond donors (Lipinski definition) is 1. The lowest BCUT2D eigenvalue weighted by Crippen LogP contribution is -2.48. The number of carbonyl (C=O) groups is 1. The molecule has 1 amide bonds. The summed E-state index contributed by atoms with van der Waals surface area (Å²) in [5.41, 5.74) is 1.20. The Labute approximate surface area is 121 Å². The molecule has 0 radical (unpaired) electrons. The highest BCUT2D eigenvalue weighted by Gasteiger charge is 2.24. The molecule has 0 aromatic heterocycles. The van der Waals surface area contributed by atoms with Crippen molar-refractivity contribution in [2.45, 2.75) is 38.8 Å². The maximum absolute atomic E-state index is 12.4. The minimum absolute atomic E-state index is 0. The van der Waals surface area contributed by atoms with Gasteiger partial charge in [0.05, 0.1) is 6.04 Å². The summed E-state index contributed by atoms with van der Waals surface area (Å²) in [5.74, 6) is 0.251. The molecule has 1 N–H and O–H groups in total. The quantitative estimate of drug-likeness (QED) is 0.921. The van der Waals surface area contributed by atoms with Gasteiger partial charge in [-0.2, -0.15) is 0 Å². The fourth-order valence-corrected chi connectivity index (χ4v) is 2.43. The summed E-state index contributed by atoms with van der Waals surface area (Å²) in [7, 11) is 0. The van der Waals surface area contributed by atoms with E-state index in [4.69, 9.17) is 0 Å². The summed E-state index contributed by atoms with van der Waals surface area (Å²) in [6.07, 6.45) is 3.32. The largest absolute Gasteiger partial charge is 0.337 e. The fraction of sp³-hybridized carbons (Fsp3) is 0.533. The second-order valence-corrected chi connectivity index (χ2v) is 4.84. The summed E-state index contributed by atoms with van der Waals surface area (Å²) < 4.78 is 0. The van der Waals surface area contributed by atoms with E-state index in [0.717, 1.165) is 25.9 Å². The number of nitrogens with one attached hydrogen (secondary N) is 1. The predicted octanol–water partition coefficient (Wildman–Crippen LogP) is 2.60. The Hall–Kier alpha value is -1.06. The first-order chi connectivity index (χ1) is 8.81. The first-order valence-electron chi connectivity index (χ1n) is 6.87. The van der Waals surface area contributed by atoms with Crippen molar-refractivity contribution in [1.29, 1.82) is 0 Å². The molecule has 0 aliphatic carbocycles. The molecular weight excluding hydrogens is 260 g/mol. The first-order valence-corrected chi connectivity index (χ1v) is 6.87. The summed E-state index contributed by atoms with van der Waals surface area (Å²) in [6.45, 7) is 4.50. The molecule has 0 saturated carbocycles. The highest BCUT2D eigenvalue weighted by atomic mass is 35.5. The number of carbonyl (C=O) groups excluding carboxylic acids is 1. The van der Waals surface area contributed by atoms with Gasteiger partial charge in [0.15, 0.2) is 0 Å². The lowest BCUT2D eigenvalue weighted by atomic mass is 10.0. The van der Waals surface area contributed by atoms with Crippen molar-refractivity contribution >= 4 is 18.3 Å². The van der Waals surface area contributed by atoms with Gasteiger partial charge in [0, 0.05) is 13.1 Å². The van der Waals surface area contributed by atoms with Gasteiger partial charge in [-0.15, -0.1) is 12.4 Å². The lowest BCUT2D eigenvalue weighted by Gasteiger charge is -2.29. The number of hydrogen-bond acceptors (Lipinski definition) is 2. The van der Waals surface area contributed by atoms with Crippen molar-refractivity contribution in [3.63, 3.8) is 0 Å². The van der Waals surface area contributed by atoms with Crippen LogP contribution in [-0.2, 0) is 11.3 Å². The smallest absolute Gasteiger partial charge is 0.239 e. The standard InChI is InChI=1S/C15H22N2O.ClH/c1-2-17(12-13-8-4-3-5-9-13)15(18)14-10-6-7-11-16-14;/h3-5,8-9,14,16H,2,6-7,10-12H2,1H3;1H/t14-;/m1./s1. The number of rotatable bonds is 4. The highest BCUT2D eigenvalue weighted by molar-refractivity contribution is 5.85. The van der Waals surface area contributed by atoms with E-state index >= 15 is 0 Å². The minimum atomic E-state index is 0. The molecule has 2 rings (SSSR count). The Kier molecular flexibility index (Phi) is 6.89. The van der Waals surface area contributed by atoms with Crippen LogP contribution in [0.4, 0.5) is 0 Å². The molecule has 1 aliphatic heterocycles. The van der Waals surface area contributed by atoms with Gasteiger partial charge in [0.2, 0.25) is 5.91 Å². The van der Waals surface area contributed by atoms with Gasteiger partial charge in [-0.05, 0) is 31.9 Å². The van der Waals surface area contributed by atoms with Crippen LogP contribution in [0.5, 0.6) is 0 Å². The van der Waals surface area contributed by atoms with Gasteiger partial charge in [-0.3, -0.25) is 4.79 Å². The minimum Gasteiger partial charge on any atom is -0.337 e. The molecule has 3 nitrogen and oxygen atoms in total. The molecule has 4 heteroatoms. The third-order valence-corrected chi connectivity index (χ3v) is 3.52. The molecule has 0 bridgehead atoms. The van der Waals surface area contributed by atoms with Crippen LogP contribution < -0.4 is 5.32 Å². The summed E-state index contributed by atoms with van der Waals surface area (Å²) in [5, 5.41) is 3.33. The third kappa shape index (κ3) is 4.51. The average molecular weight is 283 g/mol. The van der Waals surface area contributed by atoms with Crippen LogP contribution in [0.25, 0.3) is 0 Å². The second kappa shape index (κ2) is 8.18. The first kappa shape index (κ1) is 16.0. The van der Waals surface area contributed by atoms with Gasteiger partial charge in [-0.1, -0.05) is 36.8 Å². The van der Waals surface area contributed by atoms with Gasteiger partial charge in [-0.25, -0.2) is 0 Å². The molecule has 0 spiro atoms. The van der Waals surface area contributed by atoms with Crippen molar-refractivity contribution in [3.8, 4) is 0 Å². The van der Waals surface area contributed by atoms with Crippen LogP contribution in [0.15, 0.2) is 30.3 Å². The molecule has 1 heterocycles. The van der Waals surface area contributed by atoms with Crippen LogP contribution in [0.2, 0.25) is 0 Å². The fourth-order valence-electron chi connectivity index (χ4n) is 2.43. The molecule has 1 aliphatic rings. The van der Waals surface area contributed by atoms with Crippen molar-refractivity contribution in [3.05, 3.63) is 35.9 Å². The summed E-state index contributed by atoms with van der Waals surface area (Å²) in [6, 6.07) is 10.2. The van der Waals surface area contributed by atoms with E-state index in [0.29, 0.717) is 6.54 Å². The number of piperidine rings is 1.